The van der Waals surface area contributed by atoms with E-state index in [1.165, 1.54) is 0 Å². The third-order valence-electron chi connectivity index (χ3n) is 2.76. The molecular formula is C14H19BrN2O2. The van der Waals surface area contributed by atoms with Crippen LogP contribution < -0.4 is 5.32 Å². The number of carbonyl (C=O) groups excluding carboxylic acids is 1. The molecule has 0 saturated heterocycles. The van der Waals surface area contributed by atoms with Crippen molar-refractivity contribution in [2.45, 2.75) is 26.8 Å². The topological polar surface area (TPSA) is 50.7 Å². The number of oxime groups is 1. The fourth-order valence-corrected chi connectivity index (χ4v) is 1.62. The van der Waals surface area contributed by atoms with E-state index in [1.807, 2.05) is 31.2 Å². The Balaban J connectivity index is 2.34. The fraction of sp³-hybridized carbons (Fsp3) is 0.429. The molecule has 1 atom stereocenters. The molecule has 1 amide bonds. The second-order valence-corrected chi connectivity index (χ2v) is 5.48. The zero-order valence-corrected chi connectivity index (χ0v) is 13.0. The predicted octanol–water partition coefficient (Wildman–Crippen LogP) is 2.96. The van der Waals surface area contributed by atoms with Gasteiger partial charge in [-0.3, -0.25) is 4.79 Å². The lowest BCUT2D eigenvalue weighted by molar-refractivity contribution is -0.126. The summed E-state index contributed by atoms with van der Waals surface area (Å²) in [7, 11) is 0. The molecule has 1 aromatic carbocycles. The number of amides is 1. The Labute approximate surface area is 122 Å². The van der Waals surface area contributed by atoms with Gasteiger partial charge in [0.25, 0.3) is 5.91 Å². The molecule has 5 heteroatoms. The molecule has 0 unspecified atom stereocenters. The van der Waals surface area contributed by atoms with Gasteiger partial charge in [-0.1, -0.05) is 53.1 Å². The quantitative estimate of drug-likeness (QED) is 0.645. The highest BCUT2D eigenvalue weighted by Crippen LogP contribution is 2.13. The molecule has 4 nitrogen and oxygen atoms in total. The van der Waals surface area contributed by atoms with Gasteiger partial charge in [0.05, 0.1) is 6.21 Å². The molecular weight excluding hydrogens is 308 g/mol. The van der Waals surface area contributed by atoms with Gasteiger partial charge in [-0.2, -0.15) is 0 Å². The zero-order chi connectivity index (χ0) is 14.3. The molecule has 0 heterocycles. The first-order chi connectivity index (χ1) is 9.00. The monoisotopic (exact) mass is 326 g/mol. The van der Waals surface area contributed by atoms with Crippen LogP contribution in [0.1, 0.15) is 26.3 Å². The number of carbonyl (C=O) groups is 1. The van der Waals surface area contributed by atoms with Crippen LogP contribution in [0.2, 0.25) is 0 Å². The van der Waals surface area contributed by atoms with Crippen LogP contribution in [0.25, 0.3) is 0 Å². The van der Waals surface area contributed by atoms with Gasteiger partial charge in [-0.15, -0.1) is 0 Å². The number of hydrogen-bond donors (Lipinski definition) is 1. The lowest BCUT2D eigenvalue weighted by Crippen LogP contribution is -2.38. The largest absolute Gasteiger partial charge is 0.386 e. The summed E-state index contributed by atoms with van der Waals surface area (Å²) in [5, 5.41) is 6.62. The van der Waals surface area contributed by atoms with Gasteiger partial charge in [0.1, 0.15) is 0 Å². The van der Waals surface area contributed by atoms with Crippen LogP contribution in [0.15, 0.2) is 33.9 Å². The van der Waals surface area contributed by atoms with E-state index < -0.39 is 0 Å². The Morgan fingerprint density at radius 2 is 2.11 bits per heavy atom. The maximum absolute atomic E-state index is 11.5. The van der Waals surface area contributed by atoms with Crippen LogP contribution in [0.3, 0.4) is 0 Å². The average molecular weight is 327 g/mol. The smallest absolute Gasteiger partial charge is 0.260 e. The molecule has 1 aromatic rings. The molecule has 19 heavy (non-hydrogen) atoms. The molecule has 104 valence electrons. The zero-order valence-electron chi connectivity index (χ0n) is 11.4. The highest BCUT2D eigenvalue weighted by Gasteiger charge is 2.10. The van der Waals surface area contributed by atoms with E-state index in [4.69, 9.17) is 4.84 Å². The van der Waals surface area contributed by atoms with E-state index in [0.717, 1.165) is 10.0 Å². The van der Waals surface area contributed by atoms with Crippen molar-refractivity contribution in [2.24, 2.45) is 11.1 Å². The van der Waals surface area contributed by atoms with Gasteiger partial charge in [-0.05, 0) is 18.9 Å². The van der Waals surface area contributed by atoms with E-state index in [0.29, 0.717) is 5.92 Å². The van der Waals surface area contributed by atoms with Crippen molar-refractivity contribution < 1.29 is 9.63 Å². The van der Waals surface area contributed by atoms with Gasteiger partial charge < -0.3 is 10.2 Å². The molecule has 1 rings (SSSR count). The summed E-state index contributed by atoms with van der Waals surface area (Å²) in [5.41, 5.74) is 0.901. The lowest BCUT2D eigenvalue weighted by atomic mass is 10.1. The summed E-state index contributed by atoms with van der Waals surface area (Å²) in [5.74, 6) is 0.234. The Hall–Kier alpha value is -1.36. The summed E-state index contributed by atoms with van der Waals surface area (Å²) in [6.45, 7) is 6.00. The third kappa shape index (κ3) is 5.87. The Kier molecular flexibility index (Phi) is 6.56. The molecule has 0 spiro atoms. The lowest BCUT2D eigenvalue weighted by Gasteiger charge is -2.16. The third-order valence-corrected chi connectivity index (χ3v) is 3.48. The van der Waals surface area contributed by atoms with Crippen LogP contribution in [0, 0.1) is 5.92 Å². The van der Waals surface area contributed by atoms with E-state index in [2.05, 4.69) is 40.2 Å². The number of hydrogen-bond acceptors (Lipinski definition) is 3. The molecule has 0 bridgehead atoms. The van der Waals surface area contributed by atoms with Crippen molar-refractivity contribution in [1.29, 1.82) is 0 Å². The molecule has 0 aliphatic heterocycles. The number of nitrogens with one attached hydrogen (secondary N) is 1. The molecule has 0 aromatic heterocycles. The van der Waals surface area contributed by atoms with Gasteiger partial charge in [0, 0.05) is 16.1 Å². The Bertz CT molecular complexity index is 447. The highest BCUT2D eigenvalue weighted by molar-refractivity contribution is 9.10. The predicted molar refractivity (Wildman–Crippen MR) is 80.1 cm³/mol. The van der Waals surface area contributed by atoms with Crippen molar-refractivity contribution in [3.63, 3.8) is 0 Å². The van der Waals surface area contributed by atoms with Gasteiger partial charge in [0.2, 0.25) is 0 Å². The second kappa shape index (κ2) is 7.94. The van der Waals surface area contributed by atoms with E-state index in [9.17, 15) is 4.79 Å². The Morgan fingerprint density at radius 1 is 1.42 bits per heavy atom. The van der Waals surface area contributed by atoms with Crippen LogP contribution >= 0.6 is 15.9 Å². The summed E-state index contributed by atoms with van der Waals surface area (Å²) in [4.78, 5) is 16.5. The maximum Gasteiger partial charge on any atom is 0.260 e. The highest BCUT2D eigenvalue weighted by atomic mass is 79.9. The molecule has 0 saturated carbocycles. The minimum atomic E-state index is -0.162. The first-order valence-electron chi connectivity index (χ1n) is 6.20. The SMILES string of the molecule is CC(C)[C@H](C)NC(=O)CO/N=C\c1ccccc1Br. The van der Waals surface area contributed by atoms with E-state index >= 15 is 0 Å². The molecule has 0 fully saturated rings. The molecule has 1 N–H and O–H groups in total. The van der Waals surface area contributed by atoms with Crippen LogP contribution in [0.5, 0.6) is 0 Å². The summed E-state index contributed by atoms with van der Waals surface area (Å²) in [6.07, 6.45) is 1.57. The van der Waals surface area contributed by atoms with Gasteiger partial charge in [-0.25, -0.2) is 0 Å². The van der Waals surface area contributed by atoms with Crippen LogP contribution in [-0.4, -0.2) is 24.8 Å². The minimum absolute atomic E-state index is 0.0714. The van der Waals surface area contributed by atoms with Crippen molar-refractivity contribution in [2.75, 3.05) is 6.61 Å². The maximum atomic E-state index is 11.5. The molecule has 0 radical (unpaired) electrons. The minimum Gasteiger partial charge on any atom is -0.386 e. The van der Waals surface area contributed by atoms with Crippen molar-refractivity contribution in [3.8, 4) is 0 Å². The number of benzene rings is 1. The number of nitrogens with zero attached hydrogens (tertiary/aromatic N) is 1. The normalized spacial score (nSPS) is 12.7. The van der Waals surface area contributed by atoms with Crippen LogP contribution in [-0.2, 0) is 9.63 Å². The molecule has 0 aliphatic carbocycles. The average Bonchev–Trinajstić information content (AvgIpc) is 2.36. The van der Waals surface area contributed by atoms with E-state index in [-0.39, 0.29) is 18.6 Å². The molecule has 0 aliphatic rings. The van der Waals surface area contributed by atoms with Gasteiger partial charge in [0.15, 0.2) is 6.61 Å². The van der Waals surface area contributed by atoms with Crippen molar-refractivity contribution in [1.82, 2.24) is 5.32 Å². The summed E-state index contributed by atoms with van der Waals surface area (Å²) < 4.78 is 0.931. The van der Waals surface area contributed by atoms with Crippen molar-refractivity contribution in [3.05, 3.63) is 34.3 Å². The standard InChI is InChI=1S/C14H19BrN2O2/c1-10(2)11(3)17-14(18)9-19-16-8-12-6-4-5-7-13(12)15/h4-8,10-11H,9H2,1-3H3,(H,17,18)/b16-8-/t11-/m0/s1. The second-order valence-electron chi connectivity index (χ2n) is 4.63. The summed E-state index contributed by atoms with van der Waals surface area (Å²) >= 11 is 3.40. The fourth-order valence-electron chi connectivity index (χ4n) is 1.23. The van der Waals surface area contributed by atoms with Crippen LogP contribution in [0.4, 0.5) is 0 Å². The van der Waals surface area contributed by atoms with Gasteiger partial charge >= 0.3 is 0 Å². The number of halogens is 1. The first-order valence-corrected chi connectivity index (χ1v) is 6.99. The number of rotatable bonds is 6. The first kappa shape index (κ1) is 15.7. The van der Waals surface area contributed by atoms with E-state index in [1.54, 1.807) is 6.21 Å². The summed E-state index contributed by atoms with van der Waals surface area (Å²) in [6, 6.07) is 7.77. The van der Waals surface area contributed by atoms with Crippen molar-refractivity contribution >= 4 is 28.1 Å². The Morgan fingerprint density at radius 3 is 2.74 bits per heavy atom.